The zero-order valence-corrected chi connectivity index (χ0v) is 17.5. The number of hydrogen-bond donors (Lipinski definition) is 4. The molecule has 8 nitrogen and oxygen atoms in total. The normalized spacial score (nSPS) is 26.8. The molecule has 2 aromatic heterocycles. The summed E-state index contributed by atoms with van der Waals surface area (Å²) in [5, 5.41) is 50.1. The summed E-state index contributed by atoms with van der Waals surface area (Å²) in [5.41, 5.74) is 1.31. The van der Waals surface area contributed by atoms with Crippen molar-refractivity contribution in [2.24, 2.45) is 0 Å². The molecule has 0 aliphatic carbocycles. The maximum Gasteiger partial charge on any atom is 0.183 e. The summed E-state index contributed by atoms with van der Waals surface area (Å²) >= 11 is 7.75. The molecule has 1 fully saturated rings. The fraction of sp³-hybridized carbons (Fsp3) is 0.400. The Morgan fingerprint density at radius 2 is 1.87 bits per heavy atom. The van der Waals surface area contributed by atoms with Crippen LogP contribution in [0.25, 0.3) is 10.8 Å². The van der Waals surface area contributed by atoms with Gasteiger partial charge in [0.15, 0.2) is 10.8 Å². The van der Waals surface area contributed by atoms with Gasteiger partial charge in [0.1, 0.15) is 41.3 Å². The average molecular weight is 453 g/mol. The number of ether oxygens (including phenoxy) is 1. The van der Waals surface area contributed by atoms with Crippen LogP contribution >= 0.6 is 22.9 Å². The predicted octanol–water partition coefficient (Wildman–Crippen LogP) is 1.87. The van der Waals surface area contributed by atoms with Gasteiger partial charge in [-0.1, -0.05) is 35.1 Å². The van der Waals surface area contributed by atoms with Gasteiger partial charge >= 0.3 is 0 Å². The van der Waals surface area contributed by atoms with Crippen LogP contribution in [0.4, 0.5) is 0 Å². The summed E-state index contributed by atoms with van der Waals surface area (Å²) in [5.74, 6) is 1.44. The van der Waals surface area contributed by atoms with Crippen LogP contribution in [0.15, 0.2) is 34.7 Å². The van der Waals surface area contributed by atoms with E-state index in [0.717, 1.165) is 16.3 Å². The number of aliphatic hydroxyl groups is 4. The molecular formula is C20H21ClN2O6S. The molecule has 0 saturated carbocycles. The minimum absolute atomic E-state index is 0.404. The Morgan fingerprint density at radius 3 is 2.57 bits per heavy atom. The molecule has 10 heteroatoms. The molecule has 0 unspecified atom stereocenters. The van der Waals surface area contributed by atoms with Crippen molar-refractivity contribution in [2.75, 3.05) is 6.61 Å². The maximum atomic E-state index is 10.4. The number of benzene rings is 1. The van der Waals surface area contributed by atoms with Gasteiger partial charge in [-0.2, -0.15) is 0 Å². The van der Waals surface area contributed by atoms with Gasteiger partial charge in [0, 0.05) is 11.4 Å². The van der Waals surface area contributed by atoms with Gasteiger partial charge < -0.3 is 29.6 Å². The second-order valence-electron chi connectivity index (χ2n) is 7.19. The van der Waals surface area contributed by atoms with Gasteiger partial charge in [0.25, 0.3) is 0 Å². The zero-order valence-electron chi connectivity index (χ0n) is 16.0. The van der Waals surface area contributed by atoms with Crippen molar-refractivity contribution in [1.82, 2.24) is 10.2 Å². The lowest BCUT2D eigenvalue weighted by Crippen LogP contribution is -2.55. The van der Waals surface area contributed by atoms with E-state index in [1.54, 1.807) is 18.2 Å². The van der Waals surface area contributed by atoms with Crippen LogP contribution in [-0.2, 0) is 11.2 Å². The van der Waals surface area contributed by atoms with E-state index in [1.807, 2.05) is 19.1 Å². The Balaban J connectivity index is 1.57. The molecule has 3 heterocycles. The molecule has 4 N–H and O–H groups in total. The highest BCUT2D eigenvalue weighted by atomic mass is 35.5. The summed E-state index contributed by atoms with van der Waals surface area (Å²) in [4.78, 5) is 0. The predicted molar refractivity (Wildman–Crippen MR) is 109 cm³/mol. The smallest absolute Gasteiger partial charge is 0.183 e. The Bertz CT molecular complexity index is 1020. The molecule has 3 aromatic rings. The number of nitrogens with zero attached hydrogens (tertiary/aromatic N) is 2. The van der Waals surface area contributed by atoms with Crippen LogP contribution in [0.1, 0.15) is 28.0 Å². The highest BCUT2D eigenvalue weighted by Gasteiger charge is 2.44. The van der Waals surface area contributed by atoms with E-state index in [-0.39, 0.29) is 0 Å². The number of hydrogen-bond acceptors (Lipinski definition) is 9. The maximum absolute atomic E-state index is 10.4. The van der Waals surface area contributed by atoms with Gasteiger partial charge in [-0.25, -0.2) is 0 Å². The topological polar surface area (TPSA) is 129 Å². The first kappa shape index (κ1) is 21.4. The molecule has 0 bridgehead atoms. The summed E-state index contributed by atoms with van der Waals surface area (Å²) in [6, 6.07) is 8.80. The molecule has 0 spiro atoms. The first-order valence-electron chi connectivity index (χ1n) is 9.35. The second-order valence-corrected chi connectivity index (χ2v) is 8.66. The van der Waals surface area contributed by atoms with Gasteiger partial charge in [0.2, 0.25) is 0 Å². The number of furan rings is 1. The van der Waals surface area contributed by atoms with Crippen LogP contribution in [0.5, 0.6) is 0 Å². The second kappa shape index (κ2) is 8.72. The van der Waals surface area contributed by atoms with Crippen LogP contribution in [0, 0.1) is 6.92 Å². The van der Waals surface area contributed by atoms with Crippen LogP contribution in [0.3, 0.4) is 0 Å². The van der Waals surface area contributed by atoms with E-state index < -0.39 is 37.1 Å². The average Bonchev–Trinajstić information content (AvgIpc) is 3.37. The number of rotatable bonds is 5. The summed E-state index contributed by atoms with van der Waals surface area (Å²) in [6.45, 7) is 1.37. The first-order chi connectivity index (χ1) is 14.4. The molecule has 0 radical (unpaired) electrons. The van der Waals surface area contributed by atoms with Crippen molar-refractivity contribution in [1.29, 1.82) is 0 Å². The molecule has 30 heavy (non-hydrogen) atoms. The SMILES string of the molecule is Cc1ccc(-c2nnc(Cc3cc([C@@H]4O[C@H](CO)[C@@H](O)[C@H](O)[C@H]4O)ccc3Cl)s2)o1. The zero-order chi connectivity index (χ0) is 21.4. The van der Waals surface area contributed by atoms with Gasteiger partial charge in [-0.3, -0.25) is 0 Å². The third-order valence-electron chi connectivity index (χ3n) is 5.05. The van der Waals surface area contributed by atoms with E-state index in [4.69, 9.17) is 20.8 Å². The summed E-state index contributed by atoms with van der Waals surface area (Å²) < 4.78 is 11.2. The van der Waals surface area contributed by atoms with E-state index in [1.165, 1.54) is 11.3 Å². The quantitative estimate of drug-likeness (QED) is 0.461. The monoisotopic (exact) mass is 452 g/mol. The Labute approximate surface area is 181 Å². The van der Waals surface area contributed by atoms with Crippen molar-refractivity contribution < 1.29 is 29.6 Å². The Kier molecular flexibility index (Phi) is 6.21. The summed E-state index contributed by atoms with van der Waals surface area (Å²) in [7, 11) is 0. The molecular weight excluding hydrogens is 432 g/mol. The van der Waals surface area contributed by atoms with Crippen LogP contribution in [0.2, 0.25) is 5.02 Å². The Morgan fingerprint density at radius 1 is 1.07 bits per heavy atom. The minimum Gasteiger partial charge on any atom is -0.459 e. The molecule has 4 rings (SSSR count). The van der Waals surface area contributed by atoms with Gasteiger partial charge in [0.05, 0.1) is 6.61 Å². The number of halogens is 1. The first-order valence-corrected chi connectivity index (χ1v) is 10.5. The lowest BCUT2D eigenvalue weighted by atomic mass is 9.90. The van der Waals surface area contributed by atoms with Crippen molar-refractivity contribution in [3.05, 3.63) is 57.2 Å². The van der Waals surface area contributed by atoms with Gasteiger partial charge in [-0.05, 0) is 36.2 Å². The highest BCUT2D eigenvalue weighted by Crippen LogP contribution is 2.35. The van der Waals surface area contributed by atoms with Crippen LogP contribution < -0.4 is 0 Å². The minimum atomic E-state index is -1.44. The number of aryl methyl sites for hydroxylation is 1. The molecule has 1 aromatic carbocycles. The molecule has 5 atom stereocenters. The Hall–Kier alpha value is -1.85. The van der Waals surface area contributed by atoms with Crippen molar-refractivity contribution in [3.63, 3.8) is 0 Å². The summed E-state index contributed by atoms with van der Waals surface area (Å²) in [6.07, 6.45) is -5.70. The highest BCUT2D eigenvalue weighted by molar-refractivity contribution is 7.14. The molecule has 160 valence electrons. The third kappa shape index (κ3) is 4.15. The van der Waals surface area contributed by atoms with Crippen LogP contribution in [-0.4, -0.2) is 61.6 Å². The van der Waals surface area contributed by atoms with E-state index in [9.17, 15) is 20.4 Å². The number of aromatic nitrogens is 2. The molecule has 1 saturated heterocycles. The fourth-order valence-corrected chi connectivity index (χ4v) is 4.43. The van der Waals surface area contributed by atoms with E-state index in [0.29, 0.717) is 27.8 Å². The standard InChI is InChI=1S/C20H21ClN2O6S/c1-9-2-5-13(28-9)20-23-22-15(30-20)7-11-6-10(3-4-12(11)21)19-18(27)17(26)16(25)14(8-24)29-19/h2-6,14,16-19,24-27H,7-8H2,1H3/t14-,16-,17+,18-,19+/m1/s1. The number of aliphatic hydroxyl groups excluding tert-OH is 4. The van der Waals surface area contributed by atoms with Crippen molar-refractivity contribution in [3.8, 4) is 10.8 Å². The van der Waals surface area contributed by atoms with E-state index >= 15 is 0 Å². The van der Waals surface area contributed by atoms with E-state index in [2.05, 4.69) is 10.2 Å². The molecule has 0 amide bonds. The largest absolute Gasteiger partial charge is 0.459 e. The third-order valence-corrected chi connectivity index (χ3v) is 6.36. The molecule has 1 aliphatic heterocycles. The lowest BCUT2D eigenvalue weighted by molar-refractivity contribution is -0.231. The fourth-order valence-electron chi connectivity index (χ4n) is 3.42. The van der Waals surface area contributed by atoms with Crippen molar-refractivity contribution in [2.45, 2.75) is 43.9 Å². The lowest BCUT2D eigenvalue weighted by Gasteiger charge is -2.40. The van der Waals surface area contributed by atoms with Gasteiger partial charge in [-0.15, -0.1) is 10.2 Å². The van der Waals surface area contributed by atoms with Crippen molar-refractivity contribution >= 4 is 22.9 Å². The molecule has 1 aliphatic rings.